The first-order valence-corrected chi connectivity index (χ1v) is 10.8. The van der Waals surface area contributed by atoms with Gasteiger partial charge in [0.1, 0.15) is 11.8 Å². The van der Waals surface area contributed by atoms with E-state index >= 15 is 0 Å². The second-order valence-corrected chi connectivity index (χ2v) is 8.04. The van der Waals surface area contributed by atoms with E-state index in [9.17, 15) is 18.0 Å². The summed E-state index contributed by atoms with van der Waals surface area (Å²) in [7, 11) is 0. The zero-order valence-electron chi connectivity index (χ0n) is 18.9. The Morgan fingerprint density at radius 2 is 1.89 bits per heavy atom. The van der Waals surface area contributed by atoms with Crippen molar-refractivity contribution in [2.75, 3.05) is 11.1 Å². The molecule has 5 rings (SSSR count). The van der Waals surface area contributed by atoms with Gasteiger partial charge < -0.3 is 11.1 Å². The van der Waals surface area contributed by atoms with Crippen LogP contribution in [0.15, 0.2) is 67.3 Å². The number of anilines is 2. The highest BCUT2D eigenvalue weighted by atomic mass is 19.4. The molecule has 0 unspecified atom stereocenters. The Bertz CT molecular complexity index is 1570. The van der Waals surface area contributed by atoms with Crippen molar-refractivity contribution >= 4 is 23.1 Å². The molecule has 182 valence electrons. The average molecular weight is 492 g/mol. The molecule has 0 aliphatic carbocycles. The Morgan fingerprint density at radius 1 is 1.11 bits per heavy atom. The van der Waals surface area contributed by atoms with Gasteiger partial charge in [-0.05, 0) is 24.6 Å². The zero-order chi connectivity index (χ0) is 25.4. The highest BCUT2D eigenvalue weighted by Crippen LogP contribution is 2.38. The minimum Gasteiger partial charge on any atom is -0.382 e. The molecule has 0 aliphatic rings. The standard InChI is InChI=1S/C24H19F3N8O/c1-14-17(23(36)32-20-7-8-34(33-20)12-15-5-3-2-4-6-15)9-16(11-29-14)19-10-18(24(25,26)27)21-22(28)30-13-31-35(19)21/h2-11,13H,12H2,1H3,(H2,28,30,31)(H,32,33,36). The van der Waals surface area contributed by atoms with Crippen LogP contribution in [0.4, 0.5) is 24.8 Å². The molecule has 1 amide bonds. The van der Waals surface area contributed by atoms with E-state index in [0.717, 1.165) is 22.5 Å². The van der Waals surface area contributed by atoms with Gasteiger partial charge in [-0.25, -0.2) is 9.50 Å². The quantitative estimate of drug-likeness (QED) is 0.380. The summed E-state index contributed by atoms with van der Waals surface area (Å²) in [5, 5.41) is 11.0. The van der Waals surface area contributed by atoms with E-state index in [1.807, 2.05) is 30.3 Å². The number of nitrogens with zero attached hydrogens (tertiary/aromatic N) is 6. The summed E-state index contributed by atoms with van der Waals surface area (Å²) in [6.45, 7) is 2.16. The van der Waals surface area contributed by atoms with Gasteiger partial charge in [0, 0.05) is 24.0 Å². The van der Waals surface area contributed by atoms with Gasteiger partial charge in [0.25, 0.3) is 5.91 Å². The summed E-state index contributed by atoms with van der Waals surface area (Å²) in [6.07, 6.45) is -0.507. The number of pyridine rings is 1. The van der Waals surface area contributed by atoms with Gasteiger partial charge in [-0.15, -0.1) is 0 Å². The van der Waals surface area contributed by atoms with Crippen LogP contribution in [0.5, 0.6) is 0 Å². The molecule has 0 saturated heterocycles. The lowest BCUT2D eigenvalue weighted by Gasteiger charge is -2.08. The number of aromatic nitrogens is 6. The van der Waals surface area contributed by atoms with Crippen molar-refractivity contribution < 1.29 is 18.0 Å². The fourth-order valence-electron chi connectivity index (χ4n) is 3.86. The van der Waals surface area contributed by atoms with E-state index in [1.165, 1.54) is 12.3 Å². The monoisotopic (exact) mass is 492 g/mol. The van der Waals surface area contributed by atoms with Crippen molar-refractivity contribution in [2.45, 2.75) is 19.6 Å². The van der Waals surface area contributed by atoms with Crippen molar-refractivity contribution in [1.29, 1.82) is 0 Å². The fraction of sp³-hybridized carbons (Fsp3) is 0.125. The molecule has 12 heteroatoms. The Morgan fingerprint density at radius 3 is 2.64 bits per heavy atom. The Balaban J connectivity index is 1.45. The van der Waals surface area contributed by atoms with Crippen molar-refractivity contribution in [3.05, 3.63) is 89.6 Å². The Labute approximate surface area is 202 Å². The maximum Gasteiger partial charge on any atom is 0.418 e. The minimum absolute atomic E-state index is 0.0696. The smallest absolute Gasteiger partial charge is 0.382 e. The van der Waals surface area contributed by atoms with Crippen molar-refractivity contribution in [3.8, 4) is 11.3 Å². The van der Waals surface area contributed by atoms with Crippen LogP contribution >= 0.6 is 0 Å². The molecule has 4 aromatic heterocycles. The van der Waals surface area contributed by atoms with Crippen molar-refractivity contribution in [2.24, 2.45) is 0 Å². The maximum atomic E-state index is 13.7. The van der Waals surface area contributed by atoms with Gasteiger partial charge in [0.05, 0.1) is 29.1 Å². The second-order valence-electron chi connectivity index (χ2n) is 8.04. The van der Waals surface area contributed by atoms with Crippen molar-refractivity contribution in [3.63, 3.8) is 0 Å². The molecule has 5 aromatic rings. The van der Waals surface area contributed by atoms with Gasteiger partial charge >= 0.3 is 6.18 Å². The lowest BCUT2D eigenvalue weighted by Crippen LogP contribution is -2.15. The first-order chi connectivity index (χ1) is 17.2. The summed E-state index contributed by atoms with van der Waals surface area (Å²) < 4.78 is 43.7. The largest absolute Gasteiger partial charge is 0.418 e. The summed E-state index contributed by atoms with van der Waals surface area (Å²) in [4.78, 5) is 20.9. The highest BCUT2D eigenvalue weighted by molar-refractivity contribution is 6.05. The van der Waals surface area contributed by atoms with E-state index in [1.54, 1.807) is 23.9 Å². The molecule has 0 spiro atoms. The molecule has 1 aromatic carbocycles. The van der Waals surface area contributed by atoms with Gasteiger partial charge in [0.2, 0.25) is 0 Å². The molecule has 36 heavy (non-hydrogen) atoms. The summed E-state index contributed by atoms with van der Waals surface area (Å²) in [6, 6.07) is 13.7. The number of hydrogen-bond acceptors (Lipinski definition) is 6. The van der Waals surface area contributed by atoms with E-state index in [-0.39, 0.29) is 28.2 Å². The summed E-state index contributed by atoms with van der Waals surface area (Å²) in [5.74, 6) is -0.487. The molecule has 0 radical (unpaired) electrons. The fourth-order valence-corrected chi connectivity index (χ4v) is 3.86. The van der Waals surface area contributed by atoms with Gasteiger partial charge in [-0.2, -0.15) is 23.4 Å². The number of nitrogens with one attached hydrogen (secondary N) is 1. The molecule has 0 fully saturated rings. The molecule has 4 heterocycles. The molecule has 0 bridgehead atoms. The van der Waals surface area contributed by atoms with E-state index < -0.39 is 17.6 Å². The van der Waals surface area contributed by atoms with Crippen LogP contribution in [0.3, 0.4) is 0 Å². The molecular weight excluding hydrogens is 473 g/mol. The third kappa shape index (κ3) is 4.35. The maximum absolute atomic E-state index is 13.7. The number of halogens is 3. The predicted molar refractivity (Wildman–Crippen MR) is 126 cm³/mol. The number of amides is 1. The number of nitrogens with two attached hydrogens (primary N) is 1. The third-order valence-electron chi connectivity index (χ3n) is 5.59. The van der Waals surface area contributed by atoms with Crippen LogP contribution in [-0.4, -0.2) is 35.3 Å². The molecule has 0 atom stereocenters. The molecule has 3 N–H and O–H groups in total. The van der Waals surface area contributed by atoms with Crippen LogP contribution < -0.4 is 11.1 Å². The summed E-state index contributed by atoms with van der Waals surface area (Å²) in [5.41, 5.74) is 6.32. The number of fused-ring (bicyclic) bond motifs is 1. The number of nitrogen functional groups attached to an aromatic ring is 1. The molecule has 9 nitrogen and oxygen atoms in total. The van der Waals surface area contributed by atoms with Crippen LogP contribution in [0.2, 0.25) is 0 Å². The van der Waals surface area contributed by atoms with E-state index in [0.29, 0.717) is 18.1 Å². The number of carbonyl (C=O) groups is 1. The van der Waals surface area contributed by atoms with Crippen LogP contribution in [0.25, 0.3) is 16.8 Å². The molecular formula is C24H19F3N8O. The van der Waals surface area contributed by atoms with Crippen LogP contribution in [-0.2, 0) is 12.7 Å². The van der Waals surface area contributed by atoms with Crippen LogP contribution in [0, 0.1) is 6.92 Å². The second kappa shape index (κ2) is 8.80. The number of aryl methyl sites for hydroxylation is 1. The lowest BCUT2D eigenvalue weighted by molar-refractivity contribution is -0.136. The van der Waals surface area contributed by atoms with Gasteiger partial charge in [-0.3, -0.25) is 14.5 Å². The van der Waals surface area contributed by atoms with Crippen LogP contribution in [0.1, 0.15) is 27.2 Å². The normalized spacial score (nSPS) is 11.7. The van der Waals surface area contributed by atoms with E-state index in [2.05, 4.69) is 25.5 Å². The minimum atomic E-state index is -4.68. The SMILES string of the molecule is Cc1ncc(-c2cc(C(F)(F)F)c3c(N)ncnn23)cc1C(=O)Nc1ccn(Cc2ccccc2)n1. The number of hydrogen-bond donors (Lipinski definition) is 2. The third-order valence-corrected chi connectivity index (χ3v) is 5.59. The number of benzene rings is 1. The molecule has 0 saturated carbocycles. The first-order valence-electron chi connectivity index (χ1n) is 10.8. The average Bonchev–Trinajstić information content (AvgIpc) is 3.45. The molecule has 0 aliphatic heterocycles. The van der Waals surface area contributed by atoms with Crippen molar-refractivity contribution in [1.82, 2.24) is 29.4 Å². The number of carbonyl (C=O) groups excluding carboxylic acids is 1. The summed E-state index contributed by atoms with van der Waals surface area (Å²) >= 11 is 0. The lowest BCUT2D eigenvalue weighted by atomic mass is 10.1. The Hall–Kier alpha value is -4.74. The number of rotatable bonds is 5. The zero-order valence-corrected chi connectivity index (χ0v) is 18.9. The topological polar surface area (TPSA) is 116 Å². The van der Waals surface area contributed by atoms with Gasteiger partial charge in [-0.1, -0.05) is 30.3 Å². The Kier molecular flexibility index (Phi) is 5.63. The van der Waals surface area contributed by atoms with E-state index in [4.69, 9.17) is 5.73 Å². The van der Waals surface area contributed by atoms with Gasteiger partial charge in [0.15, 0.2) is 11.6 Å². The highest BCUT2D eigenvalue weighted by Gasteiger charge is 2.36. The predicted octanol–water partition coefficient (Wildman–Crippen LogP) is 4.20. The first kappa shape index (κ1) is 23.0. The number of alkyl halides is 3.